The molecule has 0 radical (unpaired) electrons. The van der Waals surface area contributed by atoms with E-state index in [1.54, 1.807) is 24.3 Å². The Bertz CT molecular complexity index is 945. The Kier molecular flexibility index (Phi) is 5.11. The lowest BCUT2D eigenvalue weighted by Crippen LogP contribution is -2.47. The average Bonchev–Trinajstić information content (AvgIpc) is 3.01. The summed E-state index contributed by atoms with van der Waals surface area (Å²) in [6, 6.07) is 5.67. The number of allylic oxidation sites excluding steroid dienone is 2. The summed E-state index contributed by atoms with van der Waals surface area (Å²) in [5, 5.41) is 2.67. The molecule has 30 heavy (non-hydrogen) atoms. The van der Waals surface area contributed by atoms with Gasteiger partial charge < -0.3 is 10.1 Å². The van der Waals surface area contributed by atoms with E-state index in [-0.39, 0.29) is 24.3 Å². The Balaban J connectivity index is 1.40. The number of carbonyl (C=O) groups is 5. The molecular weight excluding hydrogens is 390 g/mol. The van der Waals surface area contributed by atoms with Crippen LogP contribution in [0.4, 0.5) is 11.4 Å². The lowest BCUT2D eigenvalue weighted by atomic mass is 9.85. The van der Waals surface area contributed by atoms with Crippen molar-refractivity contribution in [3.8, 4) is 0 Å². The molecule has 1 fully saturated rings. The van der Waals surface area contributed by atoms with Gasteiger partial charge >= 0.3 is 5.97 Å². The molecular formula is C21H21N3O6. The number of likely N-dealkylation sites (tertiary alicyclic amines) is 1. The molecule has 3 atom stereocenters. The Hall–Kier alpha value is -3.49. The van der Waals surface area contributed by atoms with Crippen molar-refractivity contribution in [3.05, 3.63) is 36.4 Å². The van der Waals surface area contributed by atoms with Crippen molar-refractivity contribution in [2.75, 3.05) is 23.4 Å². The van der Waals surface area contributed by atoms with Crippen molar-refractivity contribution >= 4 is 41.0 Å². The molecule has 9 nitrogen and oxygen atoms in total. The number of ether oxygens (including phenoxy) is 1. The van der Waals surface area contributed by atoms with Gasteiger partial charge in [0.1, 0.15) is 12.6 Å². The molecule has 0 saturated carbocycles. The number of rotatable bonds is 4. The van der Waals surface area contributed by atoms with Crippen LogP contribution in [0.3, 0.4) is 0 Å². The average molecular weight is 411 g/mol. The second kappa shape index (κ2) is 7.74. The number of carbonyl (C=O) groups excluding carboxylic acids is 5. The van der Waals surface area contributed by atoms with Crippen molar-refractivity contribution in [2.45, 2.75) is 25.8 Å². The van der Waals surface area contributed by atoms with Crippen LogP contribution in [0.15, 0.2) is 36.4 Å². The summed E-state index contributed by atoms with van der Waals surface area (Å²) in [7, 11) is 0. The number of anilines is 2. The van der Waals surface area contributed by atoms with Crippen LogP contribution in [0.2, 0.25) is 0 Å². The van der Waals surface area contributed by atoms with E-state index in [0.29, 0.717) is 24.2 Å². The standard InChI is InChI=1S/C21H21N3O6/c1-12(24-19(27)13-6-2-3-7-14(13)20(24)28)21(29)30-11-18(26)23-10-17(25)22-15-8-4-5-9-16(15)23/h2-5,8-9,12-14H,6-7,10-11H2,1H3,(H,22,25)/t12-,13+,14+/m0/s1. The highest BCUT2D eigenvalue weighted by atomic mass is 16.5. The molecule has 4 amide bonds. The van der Waals surface area contributed by atoms with Gasteiger partial charge in [0.15, 0.2) is 6.61 Å². The van der Waals surface area contributed by atoms with Crippen molar-refractivity contribution in [2.24, 2.45) is 11.8 Å². The largest absolute Gasteiger partial charge is 0.454 e. The maximum Gasteiger partial charge on any atom is 0.329 e. The van der Waals surface area contributed by atoms with Gasteiger partial charge in [0.2, 0.25) is 17.7 Å². The number of hydrogen-bond donors (Lipinski definition) is 1. The van der Waals surface area contributed by atoms with E-state index in [0.717, 1.165) is 4.90 Å². The number of imide groups is 1. The molecule has 3 aliphatic rings. The fraction of sp³-hybridized carbons (Fsp3) is 0.381. The van der Waals surface area contributed by atoms with E-state index in [4.69, 9.17) is 4.74 Å². The molecule has 2 aliphatic heterocycles. The van der Waals surface area contributed by atoms with Gasteiger partial charge in [-0.05, 0) is 31.9 Å². The quantitative estimate of drug-likeness (QED) is 0.447. The van der Waals surface area contributed by atoms with Crippen LogP contribution in [0.1, 0.15) is 19.8 Å². The molecule has 0 bridgehead atoms. The highest BCUT2D eigenvalue weighted by Gasteiger charge is 2.50. The molecule has 2 heterocycles. The van der Waals surface area contributed by atoms with Crippen LogP contribution < -0.4 is 10.2 Å². The number of nitrogens with zero attached hydrogens (tertiary/aromatic N) is 2. The third kappa shape index (κ3) is 3.36. The first-order chi connectivity index (χ1) is 14.4. The fourth-order valence-electron chi connectivity index (χ4n) is 4.10. The zero-order valence-corrected chi connectivity index (χ0v) is 16.4. The minimum atomic E-state index is -1.12. The molecule has 1 aromatic rings. The second-order valence-corrected chi connectivity index (χ2v) is 7.53. The number of nitrogens with one attached hydrogen (secondary N) is 1. The van der Waals surface area contributed by atoms with Gasteiger partial charge in [-0.25, -0.2) is 4.79 Å². The monoisotopic (exact) mass is 411 g/mol. The number of benzene rings is 1. The SMILES string of the molecule is C[C@@H](C(=O)OCC(=O)N1CC(=O)Nc2ccccc21)N1C(=O)[C@@H]2CC=CC[C@H]2C1=O. The molecule has 4 rings (SSSR count). The van der Waals surface area contributed by atoms with E-state index in [1.807, 2.05) is 12.2 Å². The Morgan fingerprint density at radius 1 is 1.10 bits per heavy atom. The minimum Gasteiger partial charge on any atom is -0.454 e. The van der Waals surface area contributed by atoms with E-state index in [1.165, 1.54) is 11.8 Å². The lowest BCUT2D eigenvalue weighted by Gasteiger charge is -2.29. The third-order valence-corrected chi connectivity index (χ3v) is 5.68. The van der Waals surface area contributed by atoms with E-state index >= 15 is 0 Å². The van der Waals surface area contributed by atoms with Crippen LogP contribution in [0, 0.1) is 11.8 Å². The zero-order valence-electron chi connectivity index (χ0n) is 16.4. The molecule has 156 valence electrons. The van der Waals surface area contributed by atoms with Gasteiger partial charge in [0.25, 0.3) is 5.91 Å². The predicted octanol–water partition coefficient (Wildman–Crippen LogP) is 0.855. The second-order valence-electron chi connectivity index (χ2n) is 7.53. The maximum absolute atomic E-state index is 12.6. The van der Waals surface area contributed by atoms with Crippen LogP contribution in [0.25, 0.3) is 0 Å². The van der Waals surface area contributed by atoms with Gasteiger partial charge in [-0.3, -0.25) is 29.0 Å². The van der Waals surface area contributed by atoms with Crippen molar-refractivity contribution in [3.63, 3.8) is 0 Å². The van der Waals surface area contributed by atoms with E-state index in [2.05, 4.69) is 5.32 Å². The van der Waals surface area contributed by atoms with Gasteiger partial charge in [0, 0.05) is 0 Å². The Morgan fingerprint density at radius 3 is 2.40 bits per heavy atom. The van der Waals surface area contributed by atoms with Crippen LogP contribution in [0.5, 0.6) is 0 Å². The highest BCUT2D eigenvalue weighted by molar-refractivity contribution is 6.11. The maximum atomic E-state index is 12.6. The summed E-state index contributed by atoms with van der Waals surface area (Å²) >= 11 is 0. The molecule has 0 aromatic heterocycles. The zero-order chi connectivity index (χ0) is 21.4. The number of hydrogen-bond acceptors (Lipinski definition) is 6. The smallest absolute Gasteiger partial charge is 0.329 e. The summed E-state index contributed by atoms with van der Waals surface area (Å²) in [4.78, 5) is 64.3. The van der Waals surface area contributed by atoms with Gasteiger partial charge in [-0.15, -0.1) is 0 Å². The molecule has 0 spiro atoms. The molecule has 1 aromatic carbocycles. The molecule has 1 saturated heterocycles. The molecule has 1 aliphatic carbocycles. The fourth-order valence-corrected chi connectivity index (χ4v) is 4.10. The first-order valence-corrected chi connectivity index (χ1v) is 9.76. The summed E-state index contributed by atoms with van der Waals surface area (Å²) in [6.45, 7) is 0.620. The van der Waals surface area contributed by atoms with E-state index < -0.39 is 36.4 Å². The number of para-hydroxylation sites is 2. The first-order valence-electron chi connectivity index (χ1n) is 9.76. The van der Waals surface area contributed by atoms with Crippen LogP contribution >= 0.6 is 0 Å². The van der Waals surface area contributed by atoms with Crippen LogP contribution in [-0.2, 0) is 28.7 Å². The summed E-state index contributed by atoms with van der Waals surface area (Å²) in [5.74, 6) is -3.42. The third-order valence-electron chi connectivity index (χ3n) is 5.68. The first kappa shape index (κ1) is 19.8. The van der Waals surface area contributed by atoms with Gasteiger partial charge in [-0.2, -0.15) is 0 Å². The van der Waals surface area contributed by atoms with Crippen LogP contribution in [-0.4, -0.2) is 53.7 Å². The number of fused-ring (bicyclic) bond motifs is 2. The Labute approximate surface area is 172 Å². The van der Waals surface area contributed by atoms with Gasteiger partial charge in [0.05, 0.1) is 23.2 Å². The van der Waals surface area contributed by atoms with Gasteiger partial charge in [-0.1, -0.05) is 24.3 Å². The molecule has 9 heteroatoms. The summed E-state index contributed by atoms with van der Waals surface area (Å²) in [5.41, 5.74) is 0.999. The normalized spacial score (nSPS) is 23.6. The number of esters is 1. The lowest BCUT2D eigenvalue weighted by molar-refractivity contribution is -0.159. The van der Waals surface area contributed by atoms with Crippen molar-refractivity contribution in [1.29, 1.82) is 0 Å². The van der Waals surface area contributed by atoms with Crippen molar-refractivity contribution in [1.82, 2.24) is 4.90 Å². The highest BCUT2D eigenvalue weighted by Crippen LogP contribution is 2.36. The summed E-state index contributed by atoms with van der Waals surface area (Å²) in [6.07, 6.45) is 4.68. The minimum absolute atomic E-state index is 0.192. The molecule has 0 unspecified atom stereocenters. The number of amides is 4. The predicted molar refractivity (Wildman–Crippen MR) is 105 cm³/mol. The molecule has 1 N–H and O–H groups in total. The van der Waals surface area contributed by atoms with Crippen molar-refractivity contribution < 1.29 is 28.7 Å². The summed E-state index contributed by atoms with van der Waals surface area (Å²) < 4.78 is 5.11. The topological polar surface area (TPSA) is 113 Å². The van der Waals surface area contributed by atoms with E-state index in [9.17, 15) is 24.0 Å². The Morgan fingerprint density at radius 2 is 1.73 bits per heavy atom.